The third kappa shape index (κ3) is 4.06. The number of alkyl halides is 2. The molecule has 0 fully saturated rings. The topological polar surface area (TPSA) is 103 Å². The Bertz CT molecular complexity index is 1320. The van der Waals surface area contributed by atoms with E-state index in [2.05, 4.69) is 15.4 Å². The second-order valence-electron chi connectivity index (χ2n) is 6.92. The van der Waals surface area contributed by atoms with Crippen LogP contribution < -0.4 is 11.1 Å². The number of fused-ring (bicyclic) bond motifs is 1. The minimum atomic E-state index is -2.82. The van der Waals surface area contributed by atoms with E-state index in [1.54, 1.807) is 37.3 Å². The number of aromatic nitrogens is 3. The molecule has 0 aliphatic heterocycles. The summed E-state index contributed by atoms with van der Waals surface area (Å²) in [5.41, 5.74) is 6.25. The number of rotatable bonds is 6. The highest BCUT2D eigenvalue weighted by Crippen LogP contribution is 2.42. The highest BCUT2D eigenvalue weighted by molar-refractivity contribution is 7.21. The van der Waals surface area contributed by atoms with Crippen molar-refractivity contribution in [3.63, 3.8) is 0 Å². The normalized spacial score (nSPS) is 12.3. The van der Waals surface area contributed by atoms with Crippen molar-refractivity contribution in [2.24, 2.45) is 5.73 Å². The number of primary amides is 1. The van der Waals surface area contributed by atoms with Crippen molar-refractivity contribution in [2.75, 3.05) is 5.32 Å². The van der Waals surface area contributed by atoms with Crippen LogP contribution >= 0.6 is 22.9 Å². The van der Waals surface area contributed by atoms with E-state index in [1.807, 2.05) is 0 Å². The molecule has 3 N–H and O–H groups in total. The zero-order valence-corrected chi connectivity index (χ0v) is 18.1. The molecule has 1 aromatic carbocycles. The predicted molar refractivity (Wildman–Crippen MR) is 119 cm³/mol. The Morgan fingerprint density at radius 2 is 1.97 bits per heavy atom. The number of benzene rings is 1. The van der Waals surface area contributed by atoms with Gasteiger partial charge in [-0.1, -0.05) is 41.9 Å². The lowest BCUT2D eigenvalue weighted by molar-refractivity contribution is -0.119. The molecule has 7 nitrogen and oxygen atoms in total. The summed E-state index contributed by atoms with van der Waals surface area (Å²) in [5, 5.41) is 7.46. The number of amides is 2. The van der Waals surface area contributed by atoms with E-state index in [-0.39, 0.29) is 15.4 Å². The lowest BCUT2D eigenvalue weighted by atomic mass is 10.0. The lowest BCUT2D eigenvalue weighted by Gasteiger charge is -2.14. The fourth-order valence-electron chi connectivity index (χ4n) is 3.24. The molecule has 3 aromatic heterocycles. The Kier molecular flexibility index (Phi) is 5.90. The summed E-state index contributed by atoms with van der Waals surface area (Å²) in [4.78, 5) is 29.3. The maximum absolute atomic E-state index is 13.5. The van der Waals surface area contributed by atoms with Crippen LogP contribution in [0.5, 0.6) is 0 Å². The Morgan fingerprint density at radius 3 is 2.56 bits per heavy atom. The number of nitrogens with one attached hydrogen (secondary N) is 1. The van der Waals surface area contributed by atoms with Crippen LogP contribution in [0.3, 0.4) is 0 Å². The molecule has 1 atom stereocenters. The van der Waals surface area contributed by atoms with Crippen molar-refractivity contribution in [3.8, 4) is 11.1 Å². The van der Waals surface area contributed by atoms with E-state index < -0.39 is 30.0 Å². The largest absolute Gasteiger partial charge is 0.365 e. The summed E-state index contributed by atoms with van der Waals surface area (Å²) in [6, 6.07) is 9.27. The van der Waals surface area contributed by atoms with Crippen LogP contribution in [-0.2, 0) is 4.79 Å². The standard InChI is InChI=1S/C21H16ClF2N5O2S/c1-10(29-9-12(22)8-26-29)20(31)28-16-15-13(11-5-3-2-4-6-11)7-14(18(23)24)27-21(15)32-17(16)19(25)30/h2-10,18H,1H3,(H2,25,30)(H,28,31). The van der Waals surface area contributed by atoms with E-state index in [0.29, 0.717) is 21.5 Å². The van der Waals surface area contributed by atoms with Crippen LogP contribution in [-0.4, -0.2) is 26.6 Å². The van der Waals surface area contributed by atoms with Crippen molar-refractivity contribution in [2.45, 2.75) is 19.4 Å². The molecule has 0 saturated carbocycles. The molecule has 0 radical (unpaired) electrons. The maximum atomic E-state index is 13.5. The minimum absolute atomic E-state index is 0.00939. The fraction of sp³-hybridized carbons (Fsp3) is 0.143. The third-order valence-electron chi connectivity index (χ3n) is 4.81. The number of carbonyl (C=O) groups is 2. The number of carbonyl (C=O) groups excluding carboxylic acids is 2. The van der Waals surface area contributed by atoms with Gasteiger partial charge in [0.2, 0.25) is 5.91 Å². The average molecular weight is 476 g/mol. The second-order valence-corrected chi connectivity index (χ2v) is 8.35. The van der Waals surface area contributed by atoms with Crippen LogP contribution in [0, 0.1) is 0 Å². The third-order valence-corrected chi connectivity index (χ3v) is 6.10. The summed E-state index contributed by atoms with van der Waals surface area (Å²) in [6.45, 7) is 1.60. The van der Waals surface area contributed by atoms with Crippen LogP contribution in [0.1, 0.15) is 34.8 Å². The molecule has 0 bridgehead atoms. The number of hydrogen-bond donors (Lipinski definition) is 2. The van der Waals surface area contributed by atoms with Gasteiger partial charge in [0, 0.05) is 11.6 Å². The molecule has 32 heavy (non-hydrogen) atoms. The Hall–Kier alpha value is -3.37. The smallest absolute Gasteiger partial charge is 0.280 e. The zero-order chi connectivity index (χ0) is 23.0. The van der Waals surface area contributed by atoms with E-state index in [1.165, 1.54) is 23.1 Å². The van der Waals surface area contributed by atoms with E-state index in [4.69, 9.17) is 17.3 Å². The van der Waals surface area contributed by atoms with Gasteiger partial charge < -0.3 is 11.1 Å². The predicted octanol–water partition coefficient (Wildman–Crippen LogP) is 5.05. The number of anilines is 1. The van der Waals surface area contributed by atoms with Gasteiger partial charge in [-0.2, -0.15) is 5.10 Å². The maximum Gasteiger partial charge on any atom is 0.280 e. The van der Waals surface area contributed by atoms with Crippen LogP contribution in [0.4, 0.5) is 14.5 Å². The highest BCUT2D eigenvalue weighted by atomic mass is 35.5. The first-order valence-corrected chi connectivity index (χ1v) is 10.6. The van der Waals surface area contributed by atoms with E-state index >= 15 is 0 Å². The molecule has 4 aromatic rings. The number of thiophene rings is 1. The second kappa shape index (κ2) is 8.64. The van der Waals surface area contributed by atoms with Crippen molar-refractivity contribution >= 4 is 50.7 Å². The molecule has 0 saturated heterocycles. The Labute approximate surface area is 189 Å². The lowest BCUT2D eigenvalue weighted by Crippen LogP contribution is -2.25. The molecule has 4 rings (SSSR count). The first kappa shape index (κ1) is 21.8. The molecule has 0 aliphatic rings. The van der Waals surface area contributed by atoms with Crippen LogP contribution in [0.15, 0.2) is 48.8 Å². The van der Waals surface area contributed by atoms with Gasteiger partial charge in [-0.05, 0) is 24.1 Å². The minimum Gasteiger partial charge on any atom is -0.365 e. The van der Waals surface area contributed by atoms with Gasteiger partial charge in [-0.15, -0.1) is 11.3 Å². The van der Waals surface area contributed by atoms with Gasteiger partial charge >= 0.3 is 0 Å². The van der Waals surface area contributed by atoms with Gasteiger partial charge in [0.05, 0.1) is 16.9 Å². The molecular weight excluding hydrogens is 460 g/mol. The summed E-state index contributed by atoms with van der Waals surface area (Å²) >= 11 is 6.73. The van der Waals surface area contributed by atoms with E-state index in [0.717, 1.165) is 11.3 Å². The quantitative estimate of drug-likeness (QED) is 0.407. The summed E-state index contributed by atoms with van der Waals surface area (Å²) in [6.07, 6.45) is 0.0607. The highest BCUT2D eigenvalue weighted by Gasteiger charge is 2.26. The number of nitrogens with zero attached hydrogens (tertiary/aromatic N) is 3. The summed E-state index contributed by atoms with van der Waals surface area (Å²) in [5.74, 6) is -1.31. The van der Waals surface area contributed by atoms with Gasteiger partial charge in [0.15, 0.2) is 0 Å². The molecule has 1 unspecified atom stereocenters. The summed E-state index contributed by atoms with van der Waals surface area (Å²) < 4.78 is 28.4. The van der Waals surface area contributed by atoms with Gasteiger partial charge in [0.1, 0.15) is 21.4 Å². The molecule has 11 heteroatoms. The Balaban J connectivity index is 1.90. The zero-order valence-electron chi connectivity index (χ0n) is 16.6. The number of pyridine rings is 1. The molecule has 3 heterocycles. The molecule has 2 amide bonds. The SMILES string of the molecule is CC(C(=O)Nc1c(C(N)=O)sc2nc(C(F)F)cc(-c3ccccc3)c12)n1cc(Cl)cn1. The van der Waals surface area contributed by atoms with Crippen molar-refractivity contribution in [1.82, 2.24) is 14.8 Å². The number of nitrogens with two attached hydrogens (primary N) is 1. The number of hydrogen-bond acceptors (Lipinski definition) is 5. The van der Waals surface area contributed by atoms with E-state index in [9.17, 15) is 18.4 Å². The van der Waals surface area contributed by atoms with Crippen molar-refractivity contribution < 1.29 is 18.4 Å². The molecule has 0 aliphatic carbocycles. The van der Waals surface area contributed by atoms with Gasteiger partial charge in [0.25, 0.3) is 12.3 Å². The van der Waals surface area contributed by atoms with Crippen LogP contribution in [0.2, 0.25) is 5.02 Å². The molecule has 0 spiro atoms. The van der Waals surface area contributed by atoms with Crippen LogP contribution in [0.25, 0.3) is 21.3 Å². The monoisotopic (exact) mass is 475 g/mol. The fourth-order valence-corrected chi connectivity index (χ4v) is 4.40. The van der Waals surface area contributed by atoms with Gasteiger partial charge in [-0.3, -0.25) is 14.3 Å². The Morgan fingerprint density at radius 1 is 1.25 bits per heavy atom. The first-order valence-electron chi connectivity index (χ1n) is 9.37. The van der Waals surface area contributed by atoms with Gasteiger partial charge in [-0.25, -0.2) is 13.8 Å². The molecule has 164 valence electrons. The van der Waals surface area contributed by atoms with Crippen molar-refractivity contribution in [3.05, 3.63) is 64.4 Å². The van der Waals surface area contributed by atoms with Crippen molar-refractivity contribution in [1.29, 1.82) is 0 Å². The average Bonchev–Trinajstić information content (AvgIpc) is 3.37. The summed E-state index contributed by atoms with van der Waals surface area (Å²) in [7, 11) is 0. The molecular formula is C21H16ClF2N5O2S. The first-order chi connectivity index (χ1) is 15.3. The number of halogens is 3.